The molecule has 0 aliphatic rings. The maximum absolute atomic E-state index is 3.91. The van der Waals surface area contributed by atoms with Crippen molar-refractivity contribution in [3.05, 3.63) is 37.0 Å². The Hall–Kier alpha value is -0.890. The predicted octanol–water partition coefficient (Wildman–Crippen LogP) is 1.01. The monoisotopic (exact) mass is 135 g/mol. The van der Waals surface area contributed by atoms with Gasteiger partial charge in [0.2, 0.25) is 0 Å². The molecule has 10 heavy (non-hydrogen) atoms. The Bertz CT molecular complexity index is 172. The molecule has 0 saturated heterocycles. The zero-order valence-corrected chi connectivity index (χ0v) is 5.88. The number of nitrogens with zero attached hydrogens (tertiary/aromatic N) is 1. The Morgan fingerprint density at radius 1 is 1.40 bits per heavy atom. The first kappa shape index (κ1) is 7.22. The van der Waals surface area contributed by atoms with Crippen LogP contribution in [0.15, 0.2) is 24.5 Å². The van der Waals surface area contributed by atoms with E-state index in [0.29, 0.717) is 0 Å². The van der Waals surface area contributed by atoms with Crippen LogP contribution in [0.3, 0.4) is 0 Å². The summed E-state index contributed by atoms with van der Waals surface area (Å²) in [5.41, 5.74) is 1.25. The Morgan fingerprint density at radius 3 is 2.70 bits per heavy atom. The molecule has 1 rings (SSSR count). The number of hydrogen-bond acceptors (Lipinski definition) is 2. The summed E-state index contributed by atoms with van der Waals surface area (Å²) in [6, 6.07) is 3.98. The van der Waals surface area contributed by atoms with Gasteiger partial charge in [-0.2, -0.15) is 0 Å². The summed E-state index contributed by atoms with van der Waals surface area (Å²) in [7, 11) is 0. The van der Waals surface area contributed by atoms with E-state index in [2.05, 4.69) is 17.2 Å². The van der Waals surface area contributed by atoms with E-state index in [1.165, 1.54) is 5.56 Å². The van der Waals surface area contributed by atoms with Gasteiger partial charge >= 0.3 is 0 Å². The highest BCUT2D eigenvalue weighted by molar-refractivity contribution is 5.08. The summed E-state index contributed by atoms with van der Waals surface area (Å²) >= 11 is 0. The highest BCUT2D eigenvalue weighted by Gasteiger charge is 1.86. The largest absolute Gasteiger partial charge is 0.313 e. The number of rotatable bonds is 3. The van der Waals surface area contributed by atoms with Crippen LogP contribution in [0.25, 0.3) is 0 Å². The highest BCUT2D eigenvalue weighted by atomic mass is 14.8. The van der Waals surface area contributed by atoms with Crippen LogP contribution >= 0.6 is 0 Å². The van der Waals surface area contributed by atoms with Gasteiger partial charge in [0.1, 0.15) is 0 Å². The predicted molar refractivity (Wildman–Crippen MR) is 41.3 cm³/mol. The molecular formula is C8H11N2. The average Bonchev–Trinajstić information content (AvgIpc) is 2.03. The average molecular weight is 135 g/mol. The van der Waals surface area contributed by atoms with Crippen LogP contribution in [0.5, 0.6) is 0 Å². The molecule has 1 heterocycles. The molecule has 2 heteroatoms. The SMILES string of the molecule is [CH2]CNCc1ccncc1. The van der Waals surface area contributed by atoms with E-state index in [0.717, 1.165) is 13.1 Å². The van der Waals surface area contributed by atoms with E-state index < -0.39 is 0 Å². The van der Waals surface area contributed by atoms with Gasteiger partial charge in [0.05, 0.1) is 0 Å². The topological polar surface area (TPSA) is 24.9 Å². The van der Waals surface area contributed by atoms with Gasteiger partial charge in [-0.1, -0.05) is 0 Å². The first-order valence-electron chi connectivity index (χ1n) is 3.32. The summed E-state index contributed by atoms with van der Waals surface area (Å²) in [4.78, 5) is 3.91. The molecule has 2 nitrogen and oxygen atoms in total. The Kier molecular flexibility index (Phi) is 2.90. The number of aromatic nitrogens is 1. The first-order chi connectivity index (χ1) is 4.93. The van der Waals surface area contributed by atoms with Crippen molar-refractivity contribution in [2.24, 2.45) is 0 Å². The van der Waals surface area contributed by atoms with Crippen LogP contribution in [0, 0.1) is 6.92 Å². The molecular weight excluding hydrogens is 124 g/mol. The molecule has 0 fully saturated rings. The van der Waals surface area contributed by atoms with E-state index >= 15 is 0 Å². The lowest BCUT2D eigenvalue weighted by molar-refractivity contribution is 0.757. The maximum atomic E-state index is 3.91. The molecule has 1 aromatic rings. The number of hydrogen-bond donors (Lipinski definition) is 1. The van der Waals surface area contributed by atoms with E-state index in [1.54, 1.807) is 12.4 Å². The van der Waals surface area contributed by atoms with Crippen LogP contribution in [0.1, 0.15) is 5.56 Å². The zero-order valence-electron chi connectivity index (χ0n) is 5.88. The summed E-state index contributed by atoms with van der Waals surface area (Å²) in [5.74, 6) is 0. The van der Waals surface area contributed by atoms with Gasteiger partial charge in [0, 0.05) is 18.9 Å². The minimum absolute atomic E-state index is 0.766. The zero-order chi connectivity index (χ0) is 7.23. The molecule has 1 aromatic heterocycles. The molecule has 1 radical (unpaired) electrons. The second kappa shape index (κ2) is 4.01. The van der Waals surface area contributed by atoms with Crippen molar-refractivity contribution < 1.29 is 0 Å². The van der Waals surface area contributed by atoms with E-state index in [4.69, 9.17) is 0 Å². The van der Waals surface area contributed by atoms with Crippen LogP contribution < -0.4 is 5.32 Å². The van der Waals surface area contributed by atoms with Crippen molar-refractivity contribution in [1.29, 1.82) is 0 Å². The molecule has 53 valence electrons. The Labute approximate surface area is 61.3 Å². The van der Waals surface area contributed by atoms with E-state index in [1.807, 2.05) is 12.1 Å². The van der Waals surface area contributed by atoms with Crippen LogP contribution in [-0.2, 0) is 6.54 Å². The summed E-state index contributed by atoms with van der Waals surface area (Å²) in [6.45, 7) is 5.32. The minimum Gasteiger partial charge on any atom is -0.313 e. The van der Waals surface area contributed by atoms with Crippen LogP contribution in [-0.4, -0.2) is 11.5 Å². The van der Waals surface area contributed by atoms with Crippen molar-refractivity contribution in [2.45, 2.75) is 6.54 Å². The maximum Gasteiger partial charge on any atom is 0.0271 e. The molecule has 0 bridgehead atoms. The number of pyridine rings is 1. The molecule has 0 atom stereocenters. The van der Waals surface area contributed by atoms with Crippen molar-refractivity contribution in [1.82, 2.24) is 10.3 Å². The summed E-state index contributed by atoms with van der Waals surface area (Å²) in [5, 5.41) is 3.13. The van der Waals surface area contributed by atoms with Crippen molar-refractivity contribution in [3.8, 4) is 0 Å². The molecule has 0 aliphatic carbocycles. The van der Waals surface area contributed by atoms with Gasteiger partial charge in [-0.05, 0) is 31.2 Å². The molecule has 0 saturated carbocycles. The van der Waals surface area contributed by atoms with Gasteiger partial charge in [-0.25, -0.2) is 0 Å². The lowest BCUT2D eigenvalue weighted by Gasteiger charge is -1.98. The lowest BCUT2D eigenvalue weighted by Crippen LogP contribution is -2.11. The molecule has 0 amide bonds. The molecule has 0 aliphatic heterocycles. The van der Waals surface area contributed by atoms with Gasteiger partial charge in [-0.15, -0.1) is 0 Å². The number of nitrogens with one attached hydrogen (secondary N) is 1. The fraction of sp³-hybridized carbons (Fsp3) is 0.250. The summed E-state index contributed by atoms with van der Waals surface area (Å²) in [6.07, 6.45) is 3.58. The fourth-order valence-corrected chi connectivity index (χ4v) is 0.733. The Balaban J connectivity index is 2.43. The van der Waals surface area contributed by atoms with Crippen molar-refractivity contribution >= 4 is 0 Å². The third kappa shape index (κ3) is 2.15. The van der Waals surface area contributed by atoms with Crippen molar-refractivity contribution in [3.63, 3.8) is 0 Å². The first-order valence-corrected chi connectivity index (χ1v) is 3.32. The van der Waals surface area contributed by atoms with Crippen molar-refractivity contribution in [2.75, 3.05) is 6.54 Å². The molecule has 0 aromatic carbocycles. The van der Waals surface area contributed by atoms with E-state index in [9.17, 15) is 0 Å². The second-order valence-electron chi connectivity index (χ2n) is 2.03. The summed E-state index contributed by atoms with van der Waals surface area (Å²) < 4.78 is 0. The molecule has 1 N–H and O–H groups in total. The standard InChI is InChI=1S/C8H11N2/c1-2-9-7-8-3-5-10-6-4-8/h3-6,9H,1-2,7H2. The highest BCUT2D eigenvalue weighted by Crippen LogP contribution is 1.93. The van der Waals surface area contributed by atoms with Crippen LogP contribution in [0.4, 0.5) is 0 Å². The second-order valence-corrected chi connectivity index (χ2v) is 2.03. The molecule has 0 unspecified atom stereocenters. The quantitative estimate of drug-likeness (QED) is 0.669. The normalized spacial score (nSPS) is 9.70. The fourth-order valence-electron chi connectivity index (χ4n) is 0.733. The van der Waals surface area contributed by atoms with Gasteiger partial charge < -0.3 is 5.32 Å². The van der Waals surface area contributed by atoms with E-state index in [-0.39, 0.29) is 0 Å². The minimum atomic E-state index is 0.766. The van der Waals surface area contributed by atoms with Crippen LogP contribution in [0.2, 0.25) is 0 Å². The van der Waals surface area contributed by atoms with Gasteiger partial charge in [0.25, 0.3) is 0 Å². The Morgan fingerprint density at radius 2 is 2.10 bits per heavy atom. The lowest BCUT2D eigenvalue weighted by atomic mass is 10.3. The van der Waals surface area contributed by atoms with Gasteiger partial charge in [0.15, 0.2) is 0 Å². The molecule has 0 spiro atoms. The third-order valence-electron chi connectivity index (χ3n) is 1.26. The third-order valence-corrected chi connectivity index (χ3v) is 1.26. The van der Waals surface area contributed by atoms with Gasteiger partial charge in [-0.3, -0.25) is 4.98 Å². The smallest absolute Gasteiger partial charge is 0.0271 e.